The van der Waals surface area contributed by atoms with Gasteiger partial charge in [-0.3, -0.25) is 18.8 Å². The standard InChI is InChI=1S/C21H20ClN5O3/c1-3-8-26-12-24-20-18(21(26)29)17(13(2)30-20)19(28)23-7-4-9-27-16-10-15(22)6-5-14(16)11-25-27/h3,5-6,10-12H,1,4,7-9H2,2H3,(H,23,28). The van der Waals surface area contributed by atoms with Crippen LogP contribution in [-0.2, 0) is 13.1 Å². The fourth-order valence-electron chi connectivity index (χ4n) is 3.42. The molecule has 0 aliphatic carbocycles. The van der Waals surface area contributed by atoms with Crippen LogP contribution in [0.1, 0.15) is 22.5 Å². The van der Waals surface area contributed by atoms with Crippen LogP contribution in [0.3, 0.4) is 0 Å². The van der Waals surface area contributed by atoms with Gasteiger partial charge < -0.3 is 9.73 Å². The van der Waals surface area contributed by atoms with Crippen LogP contribution < -0.4 is 10.9 Å². The molecule has 0 saturated heterocycles. The summed E-state index contributed by atoms with van der Waals surface area (Å²) in [4.78, 5) is 29.6. The second-order valence-electron chi connectivity index (χ2n) is 6.88. The van der Waals surface area contributed by atoms with Crippen molar-refractivity contribution in [2.45, 2.75) is 26.4 Å². The molecule has 0 atom stereocenters. The lowest BCUT2D eigenvalue weighted by atomic mass is 10.1. The average molecular weight is 426 g/mol. The Labute approximate surface area is 176 Å². The highest BCUT2D eigenvalue weighted by atomic mass is 35.5. The monoisotopic (exact) mass is 425 g/mol. The van der Waals surface area contributed by atoms with Crippen molar-refractivity contribution in [3.63, 3.8) is 0 Å². The van der Waals surface area contributed by atoms with Crippen molar-refractivity contribution in [3.8, 4) is 0 Å². The summed E-state index contributed by atoms with van der Waals surface area (Å²) >= 11 is 6.07. The van der Waals surface area contributed by atoms with Gasteiger partial charge in [0.05, 0.1) is 17.3 Å². The van der Waals surface area contributed by atoms with Crippen LogP contribution in [0, 0.1) is 6.92 Å². The van der Waals surface area contributed by atoms with Gasteiger partial charge in [0.15, 0.2) is 0 Å². The number of hydrogen-bond donors (Lipinski definition) is 1. The number of furan rings is 1. The fourth-order valence-corrected chi connectivity index (χ4v) is 3.59. The van der Waals surface area contributed by atoms with Crippen molar-refractivity contribution in [3.05, 3.63) is 70.1 Å². The van der Waals surface area contributed by atoms with E-state index in [4.69, 9.17) is 16.0 Å². The number of fused-ring (bicyclic) bond motifs is 2. The molecule has 0 saturated carbocycles. The molecule has 3 aromatic heterocycles. The predicted octanol–water partition coefficient (Wildman–Crippen LogP) is 3.31. The Kier molecular flexibility index (Phi) is 5.41. The summed E-state index contributed by atoms with van der Waals surface area (Å²) in [6.07, 6.45) is 5.42. The third-order valence-electron chi connectivity index (χ3n) is 4.85. The SMILES string of the molecule is C=CCn1cnc2oc(C)c(C(=O)NCCCn3ncc4ccc(Cl)cc43)c2c1=O. The second kappa shape index (κ2) is 8.16. The molecule has 0 fully saturated rings. The van der Waals surface area contributed by atoms with Gasteiger partial charge in [0.2, 0.25) is 5.71 Å². The molecular formula is C21H20ClN5O3. The molecule has 0 unspecified atom stereocenters. The molecule has 4 aromatic rings. The van der Waals surface area contributed by atoms with E-state index >= 15 is 0 Å². The zero-order chi connectivity index (χ0) is 21.3. The molecule has 1 N–H and O–H groups in total. The smallest absolute Gasteiger partial charge is 0.265 e. The Morgan fingerprint density at radius 3 is 3.03 bits per heavy atom. The van der Waals surface area contributed by atoms with Crippen LogP contribution in [0.2, 0.25) is 5.02 Å². The number of nitrogens with zero attached hydrogens (tertiary/aromatic N) is 4. The maximum absolute atomic E-state index is 12.8. The lowest BCUT2D eigenvalue weighted by Gasteiger charge is -2.07. The largest absolute Gasteiger partial charge is 0.442 e. The molecule has 0 bridgehead atoms. The van der Waals surface area contributed by atoms with Gasteiger partial charge in [-0.05, 0) is 31.5 Å². The van der Waals surface area contributed by atoms with E-state index in [9.17, 15) is 9.59 Å². The van der Waals surface area contributed by atoms with Gasteiger partial charge in [0.1, 0.15) is 17.5 Å². The highest BCUT2D eigenvalue weighted by Crippen LogP contribution is 2.21. The molecule has 9 heteroatoms. The third kappa shape index (κ3) is 3.61. The van der Waals surface area contributed by atoms with Crippen LogP contribution >= 0.6 is 11.6 Å². The molecule has 8 nitrogen and oxygen atoms in total. The number of nitrogens with one attached hydrogen (secondary N) is 1. The molecule has 0 aliphatic heterocycles. The Morgan fingerprint density at radius 1 is 1.40 bits per heavy atom. The predicted molar refractivity (Wildman–Crippen MR) is 115 cm³/mol. The number of carbonyl (C=O) groups is 1. The first-order valence-corrected chi connectivity index (χ1v) is 9.86. The summed E-state index contributed by atoms with van der Waals surface area (Å²) in [6.45, 7) is 6.60. The first-order chi connectivity index (χ1) is 14.5. The summed E-state index contributed by atoms with van der Waals surface area (Å²) in [5.41, 5.74) is 0.987. The van der Waals surface area contributed by atoms with Crippen molar-refractivity contribution in [2.24, 2.45) is 0 Å². The molecular weight excluding hydrogens is 406 g/mol. The molecule has 1 amide bonds. The minimum Gasteiger partial charge on any atom is -0.442 e. The molecule has 30 heavy (non-hydrogen) atoms. The maximum atomic E-state index is 12.8. The number of aromatic nitrogens is 4. The van der Waals surface area contributed by atoms with Gasteiger partial charge in [-0.15, -0.1) is 6.58 Å². The van der Waals surface area contributed by atoms with Crippen LogP contribution in [0.5, 0.6) is 0 Å². The van der Waals surface area contributed by atoms with E-state index < -0.39 is 0 Å². The van der Waals surface area contributed by atoms with E-state index in [2.05, 4.69) is 22.0 Å². The van der Waals surface area contributed by atoms with Gasteiger partial charge in [-0.25, -0.2) is 4.98 Å². The Hall–Kier alpha value is -3.39. The number of carbonyl (C=O) groups excluding carboxylic acids is 1. The average Bonchev–Trinajstić information content (AvgIpc) is 3.27. The van der Waals surface area contributed by atoms with Gasteiger partial charge in [0, 0.05) is 30.0 Å². The quantitative estimate of drug-likeness (QED) is 0.362. The summed E-state index contributed by atoms with van der Waals surface area (Å²) < 4.78 is 8.76. The Morgan fingerprint density at radius 2 is 2.23 bits per heavy atom. The molecule has 0 spiro atoms. The Balaban J connectivity index is 1.47. The fraction of sp³-hybridized carbons (Fsp3) is 0.238. The topological polar surface area (TPSA) is 95.0 Å². The molecule has 3 heterocycles. The number of benzene rings is 1. The molecule has 1 aromatic carbocycles. The molecule has 0 radical (unpaired) electrons. The van der Waals surface area contributed by atoms with E-state index in [0.717, 1.165) is 10.9 Å². The van der Waals surface area contributed by atoms with E-state index in [1.807, 2.05) is 22.9 Å². The summed E-state index contributed by atoms with van der Waals surface area (Å²) in [5, 5.41) is 9.06. The number of aryl methyl sites for hydroxylation is 2. The highest BCUT2D eigenvalue weighted by molar-refractivity contribution is 6.31. The minimum atomic E-state index is -0.366. The lowest BCUT2D eigenvalue weighted by Crippen LogP contribution is -2.28. The van der Waals surface area contributed by atoms with Crippen LogP contribution in [0.25, 0.3) is 22.0 Å². The first kappa shape index (κ1) is 19.9. The van der Waals surface area contributed by atoms with Crippen molar-refractivity contribution < 1.29 is 9.21 Å². The Bertz CT molecular complexity index is 1320. The maximum Gasteiger partial charge on any atom is 0.265 e. The zero-order valence-electron chi connectivity index (χ0n) is 16.4. The van der Waals surface area contributed by atoms with E-state index in [-0.39, 0.29) is 28.1 Å². The van der Waals surface area contributed by atoms with Gasteiger partial charge in [-0.2, -0.15) is 5.10 Å². The van der Waals surface area contributed by atoms with Crippen molar-refractivity contribution >= 4 is 39.5 Å². The lowest BCUT2D eigenvalue weighted by molar-refractivity contribution is 0.0952. The van der Waals surface area contributed by atoms with Crippen molar-refractivity contribution in [1.82, 2.24) is 24.6 Å². The summed E-state index contributed by atoms with van der Waals surface area (Å²) in [7, 11) is 0. The number of halogens is 1. The number of rotatable bonds is 7. The van der Waals surface area contributed by atoms with E-state index in [0.29, 0.717) is 36.8 Å². The van der Waals surface area contributed by atoms with Gasteiger partial charge in [0.25, 0.3) is 11.5 Å². The van der Waals surface area contributed by atoms with E-state index in [1.165, 1.54) is 10.9 Å². The zero-order valence-corrected chi connectivity index (χ0v) is 17.1. The minimum absolute atomic E-state index is 0.155. The van der Waals surface area contributed by atoms with Crippen LogP contribution in [0.4, 0.5) is 0 Å². The second-order valence-corrected chi connectivity index (χ2v) is 7.32. The third-order valence-corrected chi connectivity index (χ3v) is 5.08. The number of hydrogen-bond acceptors (Lipinski definition) is 5. The summed E-state index contributed by atoms with van der Waals surface area (Å²) in [5.74, 6) is -0.00830. The highest BCUT2D eigenvalue weighted by Gasteiger charge is 2.22. The van der Waals surface area contributed by atoms with Gasteiger partial charge >= 0.3 is 0 Å². The van der Waals surface area contributed by atoms with Crippen molar-refractivity contribution in [2.75, 3.05) is 6.54 Å². The number of amides is 1. The number of allylic oxidation sites excluding steroid dienone is 1. The van der Waals surface area contributed by atoms with Crippen LogP contribution in [0.15, 0.2) is 52.6 Å². The molecule has 154 valence electrons. The molecule has 4 rings (SSSR count). The molecule has 0 aliphatic rings. The van der Waals surface area contributed by atoms with Gasteiger partial charge in [-0.1, -0.05) is 17.7 Å². The first-order valence-electron chi connectivity index (χ1n) is 9.48. The normalized spacial score (nSPS) is 11.3. The summed E-state index contributed by atoms with van der Waals surface area (Å²) in [6, 6.07) is 5.61. The van der Waals surface area contributed by atoms with Crippen LogP contribution in [-0.4, -0.2) is 31.8 Å². The van der Waals surface area contributed by atoms with E-state index in [1.54, 1.807) is 19.2 Å². The van der Waals surface area contributed by atoms with Crippen molar-refractivity contribution in [1.29, 1.82) is 0 Å².